The molecule has 1 saturated heterocycles. The maximum Gasteiger partial charge on any atom is 0.230 e. The van der Waals surface area contributed by atoms with E-state index in [1.54, 1.807) is 12.4 Å². The van der Waals surface area contributed by atoms with Gasteiger partial charge in [-0.25, -0.2) is 15.0 Å². The molecule has 1 saturated carbocycles. The molecule has 196 valence electrons. The van der Waals surface area contributed by atoms with Gasteiger partial charge < -0.3 is 25.8 Å². The molecule has 0 bridgehead atoms. The van der Waals surface area contributed by atoms with Gasteiger partial charge in [-0.3, -0.25) is 4.79 Å². The number of carbonyl (C=O) groups is 1. The Morgan fingerprint density at radius 3 is 2.51 bits per heavy atom. The van der Waals surface area contributed by atoms with Crippen molar-refractivity contribution < 1.29 is 14.6 Å². The van der Waals surface area contributed by atoms with E-state index in [1.807, 2.05) is 19.1 Å². The van der Waals surface area contributed by atoms with E-state index >= 15 is 0 Å². The minimum atomic E-state index is -0.686. The van der Waals surface area contributed by atoms with Gasteiger partial charge in [-0.15, -0.1) is 0 Å². The maximum atomic E-state index is 12.4. The highest BCUT2D eigenvalue weighted by Gasteiger charge is 2.27. The minimum Gasteiger partial charge on any atom is -0.395 e. The number of aryl methyl sites for hydroxylation is 1. The second kappa shape index (κ2) is 11.6. The van der Waals surface area contributed by atoms with Crippen LogP contribution in [0.5, 0.6) is 0 Å². The first kappa shape index (κ1) is 25.6. The van der Waals surface area contributed by atoms with Crippen LogP contribution < -0.4 is 16.0 Å². The third kappa shape index (κ3) is 6.11. The van der Waals surface area contributed by atoms with Gasteiger partial charge in [0.1, 0.15) is 5.82 Å². The van der Waals surface area contributed by atoms with Crippen molar-refractivity contribution in [1.82, 2.24) is 20.3 Å². The number of benzene rings is 1. The largest absolute Gasteiger partial charge is 0.395 e. The number of aliphatic hydroxyl groups excluding tert-OH is 1. The van der Waals surface area contributed by atoms with E-state index in [0.717, 1.165) is 54.5 Å². The monoisotopic (exact) mass is 524 g/mol. The van der Waals surface area contributed by atoms with Crippen LogP contribution in [0.4, 0.5) is 11.8 Å². The molecule has 5 rings (SSSR count). The summed E-state index contributed by atoms with van der Waals surface area (Å²) in [6, 6.07) is 8.56. The highest BCUT2D eigenvalue weighted by Crippen LogP contribution is 2.29. The summed E-state index contributed by atoms with van der Waals surface area (Å²) in [7, 11) is 0. The first-order valence-electron chi connectivity index (χ1n) is 12.9. The minimum absolute atomic E-state index is 0.0142. The number of carbonyl (C=O) groups excluding carboxylic acids is 1. The smallest absolute Gasteiger partial charge is 0.230 e. The molecule has 2 fully saturated rings. The molecule has 2 aromatic heterocycles. The van der Waals surface area contributed by atoms with Crippen LogP contribution in [0.3, 0.4) is 0 Å². The normalized spacial score (nSPS) is 20.7. The standard InChI is InChI=1S/C27H33ClN6O3/c1-16-2-5-18-6-9-23(34-25(18)24(16)28)32-20-7-3-17(4-8-20)10-29-27-30-11-19(12-31-27)22(13-35)26(36)33-21-14-37-15-21/h2,5-6,9,11-12,17,20-22,35H,3-4,7-8,10,13-15H2,1H3,(H,32,34)(H,33,36)(H,29,30,31)/t17-,20-,22-/m1/s1. The van der Waals surface area contributed by atoms with E-state index in [2.05, 4.69) is 38.1 Å². The maximum absolute atomic E-state index is 12.4. The Hall–Kier alpha value is -3.01. The number of fused-ring (bicyclic) bond motifs is 1. The van der Waals surface area contributed by atoms with Crippen molar-refractivity contribution >= 4 is 40.2 Å². The molecule has 0 spiro atoms. The first-order chi connectivity index (χ1) is 18.0. The first-order valence-corrected chi connectivity index (χ1v) is 13.2. The third-order valence-corrected chi connectivity index (χ3v) is 7.78. The zero-order valence-electron chi connectivity index (χ0n) is 20.9. The van der Waals surface area contributed by atoms with Gasteiger partial charge >= 0.3 is 0 Å². The summed E-state index contributed by atoms with van der Waals surface area (Å²) in [6.45, 7) is 3.51. The molecule has 1 atom stereocenters. The molecule has 1 aliphatic heterocycles. The number of pyridine rings is 1. The molecule has 0 unspecified atom stereocenters. The molecule has 1 amide bonds. The molecule has 4 N–H and O–H groups in total. The Bertz CT molecular complexity index is 1230. The lowest BCUT2D eigenvalue weighted by atomic mass is 9.86. The van der Waals surface area contributed by atoms with Gasteiger partial charge in [0.25, 0.3) is 0 Å². The van der Waals surface area contributed by atoms with Crippen molar-refractivity contribution in [1.29, 1.82) is 0 Å². The van der Waals surface area contributed by atoms with E-state index in [0.29, 0.717) is 41.7 Å². The predicted molar refractivity (Wildman–Crippen MR) is 144 cm³/mol. The third-order valence-electron chi connectivity index (χ3n) is 7.30. The van der Waals surface area contributed by atoms with Crippen LogP contribution in [0.25, 0.3) is 10.9 Å². The second-order valence-corrected chi connectivity index (χ2v) is 10.4. The van der Waals surface area contributed by atoms with E-state index < -0.39 is 5.92 Å². The number of rotatable bonds is 9. The van der Waals surface area contributed by atoms with E-state index in [4.69, 9.17) is 21.3 Å². The van der Waals surface area contributed by atoms with Crippen LogP contribution in [-0.2, 0) is 9.53 Å². The van der Waals surface area contributed by atoms with Gasteiger partial charge in [0, 0.05) is 35.9 Å². The predicted octanol–water partition coefficient (Wildman–Crippen LogP) is 3.66. The van der Waals surface area contributed by atoms with Crippen LogP contribution in [0.2, 0.25) is 5.02 Å². The number of nitrogens with one attached hydrogen (secondary N) is 3. The molecule has 3 heterocycles. The molecular formula is C27H33ClN6O3. The summed E-state index contributed by atoms with van der Waals surface area (Å²) in [5, 5.41) is 21.2. The number of anilines is 2. The van der Waals surface area contributed by atoms with Crippen LogP contribution in [0.1, 0.15) is 42.7 Å². The number of aromatic nitrogens is 3. The molecule has 3 aromatic rings. The van der Waals surface area contributed by atoms with Gasteiger partial charge in [0.2, 0.25) is 11.9 Å². The number of halogens is 1. The summed E-state index contributed by atoms with van der Waals surface area (Å²) in [6.07, 6.45) is 7.53. The summed E-state index contributed by atoms with van der Waals surface area (Å²) >= 11 is 6.48. The van der Waals surface area contributed by atoms with Gasteiger partial charge in [-0.2, -0.15) is 0 Å². The average molecular weight is 525 g/mol. The SMILES string of the molecule is Cc1ccc2ccc(N[C@H]3CC[C@H](CNc4ncc([C@@H](CO)C(=O)NC5COC5)cn4)CC3)nc2c1Cl. The van der Waals surface area contributed by atoms with E-state index in [-0.39, 0.29) is 18.6 Å². The van der Waals surface area contributed by atoms with Crippen molar-refractivity contribution in [3.05, 3.63) is 52.8 Å². The fraction of sp³-hybridized carbons (Fsp3) is 0.481. The van der Waals surface area contributed by atoms with Gasteiger partial charge in [-0.1, -0.05) is 23.7 Å². The van der Waals surface area contributed by atoms with Gasteiger partial charge in [0.05, 0.1) is 42.3 Å². The van der Waals surface area contributed by atoms with E-state index in [9.17, 15) is 9.90 Å². The summed E-state index contributed by atoms with van der Waals surface area (Å²) in [5.41, 5.74) is 2.47. The molecule has 2 aliphatic rings. The molecule has 1 aliphatic carbocycles. The molecule has 10 heteroatoms. The van der Waals surface area contributed by atoms with Gasteiger partial charge in [0.15, 0.2) is 0 Å². The number of hydrogen-bond donors (Lipinski definition) is 4. The van der Waals surface area contributed by atoms with Crippen molar-refractivity contribution in [3.8, 4) is 0 Å². The Morgan fingerprint density at radius 2 is 1.84 bits per heavy atom. The quantitative estimate of drug-likeness (QED) is 0.334. The number of hydrogen-bond acceptors (Lipinski definition) is 8. The Labute approximate surface area is 221 Å². The average Bonchev–Trinajstić information content (AvgIpc) is 2.89. The van der Waals surface area contributed by atoms with Crippen LogP contribution in [-0.4, -0.2) is 64.4 Å². The Kier molecular flexibility index (Phi) is 8.02. The molecule has 37 heavy (non-hydrogen) atoms. The van der Waals surface area contributed by atoms with Crippen molar-refractivity contribution in [2.24, 2.45) is 5.92 Å². The fourth-order valence-corrected chi connectivity index (χ4v) is 5.08. The lowest BCUT2D eigenvalue weighted by molar-refractivity contribution is -0.127. The number of aliphatic hydroxyl groups is 1. The van der Waals surface area contributed by atoms with Gasteiger partial charge in [-0.05, 0) is 56.2 Å². The molecule has 0 radical (unpaired) electrons. The zero-order chi connectivity index (χ0) is 25.8. The lowest BCUT2D eigenvalue weighted by Crippen LogP contribution is -2.50. The number of ether oxygens (including phenoxy) is 1. The van der Waals surface area contributed by atoms with E-state index in [1.165, 1.54) is 0 Å². The van der Waals surface area contributed by atoms with Crippen LogP contribution in [0, 0.1) is 12.8 Å². The Morgan fingerprint density at radius 1 is 1.11 bits per heavy atom. The van der Waals surface area contributed by atoms with Crippen LogP contribution in [0.15, 0.2) is 36.7 Å². The fourth-order valence-electron chi connectivity index (χ4n) is 4.86. The summed E-state index contributed by atoms with van der Waals surface area (Å²) in [4.78, 5) is 25.9. The van der Waals surface area contributed by atoms with Crippen molar-refractivity contribution in [2.45, 2.75) is 50.6 Å². The highest BCUT2D eigenvalue weighted by atomic mass is 35.5. The zero-order valence-corrected chi connectivity index (χ0v) is 21.7. The summed E-state index contributed by atoms with van der Waals surface area (Å²) < 4.78 is 5.08. The van der Waals surface area contributed by atoms with Crippen LogP contribution >= 0.6 is 11.6 Å². The molecular weight excluding hydrogens is 492 g/mol. The topological polar surface area (TPSA) is 121 Å². The number of amides is 1. The second-order valence-electron chi connectivity index (χ2n) is 10.0. The number of nitrogens with zero attached hydrogens (tertiary/aromatic N) is 3. The highest BCUT2D eigenvalue weighted by molar-refractivity contribution is 6.35. The Balaban J connectivity index is 1.08. The lowest BCUT2D eigenvalue weighted by Gasteiger charge is -2.29. The molecule has 9 nitrogen and oxygen atoms in total. The van der Waals surface area contributed by atoms with Crippen molar-refractivity contribution in [3.63, 3.8) is 0 Å². The molecule has 1 aromatic carbocycles. The van der Waals surface area contributed by atoms with Crippen molar-refractivity contribution in [2.75, 3.05) is 37.0 Å². The summed E-state index contributed by atoms with van der Waals surface area (Å²) in [5.74, 6) is 1.01.